The van der Waals surface area contributed by atoms with Crippen LogP contribution in [0.3, 0.4) is 0 Å². The zero-order valence-electron chi connectivity index (χ0n) is 9.61. The smallest absolute Gasteiger partial charge is 0.178 e. The molecule has 0 rings (SSSR count). The number of hydrogen-bond donors (Lipinski definition) is 1. The van der Waals surface area contributed by atoms with E-state index >= 15 is 0 Å². The van der Waals surface area contributed by atoms with Crippen LogP contribution < -0.4 is 0 Å². The minimum atomic E-state index is -0.861. The average molecular weight is 222 g/mol. The molecule has 0 aromatic rings. The SMILES string of the molecule is CCOCCOCCOC(O)COCC. The third kappa shape index (κ3) is 11.7. The second-order valence-corrected chi connectivity index (χ2v) is 2.79. The molecule has 1 N–H and O–H groups in total. The maximum Gasteiger partial charge on any atom is 0.178 e. The molecule has 0 aliphatic carbocycles. The van der Waals surface area contributed by atoms with Gasteiger partial charge in [-0.2, -0.15) is 0 Å². The molecule has 0 aromatic heterocycles. The van der Waals surface area contributed by atoms with E-state index < -0.39 is 6.29 Å². The third-order valence-corrected chi connectivity index (χ3v) is 1.58. The molecule has 0 aliphatic heterocycles. The van der Waals surface area contributed by atoms with E-state index in [0.717, 1.165) is 0 Å². The quantitative estimate of drug-likeness (QED) is 0.405. The third-order valence-electron chi connectivity index (χ3n) is 1.58. The minimum absolute atomic E-state index is 0.204. The van der Waals surface area contributed by atoms with Crippen LogP contribution in [0.5, 0.6) is 0 Å². The van der Waals surface area contributed by atoms with Gasteiger partial charge in [0, 0.05) is 13.2 Å². The van der Waals surface area contributed by atoms with Gasteiger partial charge in [-0.05, 0) is 13.8 Å². The van der Waals surface area contributed by atoms with Crippen LogP contribution in [0.1, 0.15) is 13.8 Å². The Morgan fingerprint density at radius 3 is 2.13 bits per heavy atom. The Morgan fingerprint density at radius 1 is 0.867 bits per heavy atom. The van der Waals surface area contributed by atoms with Gasteiger partial charge in [-0.15, -0.1) is 0 Å². The maximum atomic E-state index is 9.19. The molecule has 0 saturated carbocycles. The molecule has 0 heterocycles. The largest absolute Gasteiger partial charge is 0.379 e. The monoisotopic (exact) mass is 222 g/mol. The first kappa shape index (κ1) is 14.8. The van der Waals surface area contributed by atoms with Gasteiger partial charge in [0.15, 0.2) is 6.29 Å². The van der Waals surface area contributed by atoms with E-state index in [1.165, 1.54) is 0 Å². The summed E-state index contributed by atoms with van der Waals surface area (Å²) in [5, 5.41) is 9.19. The van der Waals surface area contributed by atoms with Crippen molar-refractivity contribution in [3.63, 3.8) is 0 Å². The zero-order valence-corrected chi connectivity index (χ0v) is 9.61. The number of hydrogen-bond acceptors (Lipinski definition) is 5. The molecule has 15 heavy (non-hydrogen) atoms. The van der Waals surface area contributed by atoms with Crippen LogP contribution in [0.15, 0.2) is 0 Å². The zero-order chi connectivity index (χ0) is 11.4. The molecule has 0 saturated heterocycles. The van der Waals surface area contributed by atoms with Crippen molar-refractivity contribution in [1.82, 2.24) is 0 Å². The molecule has 92 valence electrons. The highest BCUT2D eigenvalue weighted by molar-refractivity contribution is 4.38. The normalized spacial score (nSPS) is 13.0. The number of aliphatic hydroxyl groups is 1. The Hall–Kier alpha value is -0.200. The van der Waals surface area contributed by atoms with Crippen LogP contribution >= 0.6 is 0 Å². The topological polar surface area (TPSA) is 57.2 Å². The van der Waals surface area contributed by atoms with Crippen LogP contribution in [0.25, 0.3) is 0 Å². The molecule has 0 spiro atoms. The Morgan fingerprint density at radius 2 is 1.47 bits per heavy atom. The van der Waals surface area contributed by atoms with Crippen molar-refractivity contribution in [1.29, 1.82) is 0 Å². The van der Waals surface area contributed by atoms with Crippen molar-refractivity contribution in [3.05, 3.63) is 0 Å². The summed E-state index contributed by atoms with van der Waals surface area (Å²) in [6.07, 6.45) is -0.861. The number of ether oxygens (including phenoxy) is 4. The highest BCUT2D eigenvalue weighted by Crippen LogP contribution is 1.89. The van der Waals surface area contributed by atoms with E-state index in [9.17, 15) is 5.11 Å². The summed E-state index contributed by atoms with van der Waals surface area (Å²) in [5.74, 6) is 0. The molecular weight excluding hydrogens is 200 g/mol. The Bertz CT molecular complexity index is 120. The van der Waals surface area contributed by atoms with Crippen molar-refractivity contribution in [2.75, 3.05) is 46.2 Å². The lowest BCUT2D eigenvalue weighted by molar-refractivity contribution is -0.145. The summed E-state index contributed by atoms with van der Waals surface area (Å²) in [7, 11) is 0. The number of rotatable bonds is 11. The maximum absolute atomic E-state index is 9.19. The number of aliphatic hydroxyl groups excluding tert-OH is 1. The molecule has 5 nitrogen and oxygen atoms in total. The van der Waals surface area contributed by atoms with E-state index in [1.807, 2.05) is 13.8 Å². The first-order valence-corrected chi connectivity index (χ1v) is 5.34. The summed E-state index contributed by atoms with van der Waals surface area (Å²) in [6, 6.07) is 0. The van der Waals surface area contributed by atoms with Crippen LogP contribution in [-0.4, -0.2) is 57.6 Å². The molecule has 1 atom stereocenters. The summed E-state index contributed by atoms with van der Waals surface area (Å²) in [6.45, 7) is 7.25. The fraction of sp³-hybridized carbons (Fsp3) is 1.00. The first-order chi connectivity index (χ1) is 7.31. The highest BCUT2D eigenvalue weighted by atomic mass is 16.6. The van der Waals surface area contributed by atoms with Crippen LogP contribution in [0, 0.1) is 0 Å². The van der Waals surface area contributed by atoms with E-state index in [2.05, 4.69) is 0 Å². The van der Waals surface area contributed by atoms with Gasteiger partial charge in [0.25, 0.3) is 0 Å². The molecule has 5 heteroatoms. The van der Waals surface area contributed by atoms with Crippen molar-refractivity contribution in [3.8, 4) is 0 Å². The van der Waals surface area contributed by atoms with Crippen LogP contribution in [0.4, 0.5) is 0 Å². The molecule has 0 fully saturated rings. The van der Waals surface area contributed by atoms with E-state index in [4.69, 9.17) is 18.9 Å². The summed E-state index contributed by atoms with van der Waals surface area (Å²) < 4.78 is 20.3. The highest BCUT2D eigenvalue weighted by Gasteiger charge is 2.02. The van der Waals surface area contributed by atoms with Gasteiger partial charge in [0.05, 0.1) is 33.0 Å². The fourth-order valence-corrected chi connectivity index (χ4v) is 0.874. The molecule has 1 unspecified atom stereocenters. The minimum Gasteiger partial charge on any atom is -0.379 e. The van der Waals surface area contributed by atoms with Gasteiger partial charge in [-0.1, -0.05) is 0 Å². The van der Waals surface area contributed by atoms with Gasteiger partial charge in [-0.3, -0.25) is 0 Å². The van der Waals surface area contributed by atoms with Gasteiger partial charge < -0.3 is 24.1 Å². The molecule has 0 aromatic carbocycles. The summed E-state index contributed by atoms with van der Waals surface area (Å²) in [5.41, 5.74) is 0. The van der Waals surface area contributed by atoms with E-state index in [1.54, 1.807) is 0 Å². The molecule has 0 radical (unpaired) electrons. The second-order valence-electron chi connectivity index (χ2n) is 2.79. The van der Waals surface area contributed by atoms with Crippen molar-refractivity contribution in [2.24, 2.45) is 0 Å². The summed E-state index contributed by atoms with van der Waals surface area (Å²) in [4.78, 5) is 0. The Kier molecular flexibility index (Phi) is 11.7. The lowest BCUT2D eigenvalue weighted by Gasteiger charge is -2.11. The van der Waals surface area contributed by atoms with Crippen molar-refractivity contribution < 1.29 is 24.1 Å². The van der Waals surface area contributed by atoms with Gasteiger partial charge >= 0.3 is 0 Å². The molecule has 0 aliphatic rings. The Balaban J connectivity index is 3.02. The van der Waals surface area contributed by atoms with Crippen molar-refractivity contribution in [2.45, 2.75) is 20.1 Å². The van der Waals surface area contributed by atoms with Gasteiger partial charge in [0.2, 0.25) is 0 Å². The molecule has 0 bridgehead atoms. The second kappa shape index (κ2) is 11.9. The van der Waals surface area contributed by atoms with E-state index in [-0.39, 0.29) is 6.61 Å². The van der Waals surface area contributed by atoms with E-state index in [0.29, 0.717) is 39.6 Å². The predicted molar refractivity (Wildman–Crippen MR) is 55.8 cm³/mol. The summed E-state index contributed by atoms with van der Waals surface area (Å²) >= 11 is 0. The van der Waals surface area contributed by atoms with Gasteiger partial charge in [-0.25, -0.2) is 0 Å². The fourth-order valence-electron chi connectivity index (χ4n) is 0.874. The van der Waals surface area contributed by atoms with Crippen LogP contribution in [0.2, 0.25) is 0 Å². The standard InChI is InChI=1S/C10H22O5/c1-3-12-5-6-14-7-8-15-10(11)9-13-4-2/h10-11H,3-9H2,1-2H3. The predicted octanol–water partition coefficient (Wildman–Crippen LogP) is 0.411. The lowest BCUT2D eigenvalue weighted by Crippen LogP contribution is -2.21. The molecular formula is C10H22O5. The lowest BCUT2D eigenvalue weighted by atomic mass is 10.6. The first-order valence-electron chi connectivity index (χ1n) is 5.34. The molecule has 0 amide bonds. The van der Waals surface area contributed by atoms with Gasteiger partial charge in [0.1, 0.15) is 0 Å². The van der Waals surface area contributed by atoms with Crippen molar-refractivity contribution >= 4 is 0 Å². The average Bonchev–Trinajstić information content (AvgIpc) is 2.25. The van der Waals surface area contributed by atoms with Crippen LogP contribution in [-0.2, 0) is 18.9 Å². The Labute approximate surface area is 91.3 Å².